The van der Waals surface area contributed by atoms with Crippen molar-refractivity contribution in [2.24, 2.45) is 0 Å². The minimum Gasteiger partial charge on any atom is -0.401 e. The third-order valence-electron chi connectivity index (χ3n) is 0.557. The van der Waals surface area contributed by atoms with Crippen molar-refractivity contribution in [3.8, 4) is 0 Å². The zero-order valence-corrected chi connectivity index (χ0v) is 6.57. The number of aromatic nitrogens is 2. The fourth-order valence-corrected chi connectivity index (χ4v) is 0.294. The molecule has 0 saturated carbocycles. The Balaban J connectivity index is 0.000000292. The first kappa shape index (κ1) is 9.61. The van der Waals surface area contributed by atoms with E-state index in [4.69, 9.17) is 5.73 Å². The summed E-state index contributed by atoms with van der Waals surface area (Å²) in [5, 5.41) is 6.44. The summed E-state index contributed by atoms with van der Waals surface area (Å²) in [5.74, 6) is -0.0949. The maximum atomic E-state index is 9.77. The quantitative estimate of drug-likeness (QED) is 0.612. The van der Waals surface area contributed by atoms with Gasteiger partial charge in [0.25, 0.3) is 5.89 Å². The predicted molar refractivity (Wildman–Crippen MR) is 40.1 cm³/mol. The number of nitrogen functional groups attached to an aromatic ring is 1. The fourth-order valence-electron chi connectivity index (χ4n) is 0.294. The highest BCUT2D eigenvalue weighted by molar-refractivity contribution is 5.67. The molecule has 0 bridgehead atoms. The van der Waals surface area contributed by atoms with E-state index >= 15 is 0 Å². The Morgan fingerprint density at radius 2 is 2.09 bits per heavy atom. The summed E-state index contributed by atoms with van der Waals surface area (Å²) in [6.07, 6.45) is 1.68. The Morgan fingerprint density at radius 3 is 2.27 bits per heavy atom. The molecular weight excluding hydrogens is 146 g/mol. The Morgan fingerprint density at radius 1 is 1.55 bits per heavy atom. The Labute approximate surface area is 64.6 Å². The van der Waals surface area contributed by atoms with Crippen LogP contribution in [0.4, 0.5) is 6.01 Å². The summed E-state index contributed by atoms with van der Waals surface area (Å²) in [5.41, 5.74) is 4.96. The lowest BCUT2D eigenvalue weighted by molar-refractivity contribution is 0.109. The molecule has 2 N–H and O–H groups in total. The standard InChI is InChI=1S/C3H3N3O2.C3H8/c4-3-6-5-2(1-7)8-3;1-3-2/h1H,(H2,4,6);3H2,1-2H3. The monoisotopic (exact) mass is 157 g/mol. The van der Waals surface area contributed by atoms with E-state index in [1.807, 2.05) is 0 Å². The second-order valence-corrected chi connectivity index (χ2v) is 1.80. The highest BCUT2D eigenvalue weighted by Gasteiger charge is 1.96. The topological polar surface area (TPSA) is 82.0 Å². The normalized spacial score (nSPS) is 8.18. The summed E-state index contributed by atoms with van der Waals surface area (Å²) >= 11 is 0. The van der Waals surface area contributed by atoms with E-state index in [2.05, 4.69) is 28.5 Å². The van der Waals surface area contributed by atoms with Crippen molar-refractivity contribution in [3.05, 3.63) is 5.89 Å². The lowest BCUT2D eigenvalue weighted by Gasteiger charge is -1.70. The first-order valence-corrected chi connectivity index (χ1v) is 3.28. The Bertz CT molecular complexity index is 209. The van der Waals surface area contributed by atoms with Gasteiger partial charge in [-0.05, 0) is 0 Å². The zero-order chi connectivity index (χ0) is 8.69. The SMILES string of the molecule is CCC.Nc1nnc(C=O)o1. The van der Waals surface area contributed by atoms with Gasteiger partial charge in [0.05, 0.1) is 0 Å². The minimum absolute atomic E-state index is 0.0906. The lowest BCUT2D eigenvalue weighted by Crippen LogP contribution is -1.81. The molecule has 0 saturated heterocycles. The summed E-state index contributed by atoms with van der Waals surface area (Å²) in [6, 6.07) is -0.0906. The molecule has 0 unspecified atom stereocenters. The highest BCUT2D eigenvalue weighted by atomic mass is 16.4. The van der Waals surface area contributed by atoms with Crippen LogP contribution in [0.15, 0.2) is 4.42 Å². The number of hydrogen-bond acceptors (Lipinski definition) is 5. The van der Waals surface area contributed by atoms with E-state index in [0.29, 0.717) is 6.29 Å². The molecule has 11 heavy (non-hydrogen) atoms. The van der Waals surface area contributed by atoms with Gasteiger partial charge < -0.3 is 10.2 Å². The third-order valence-corrected chi connectivity index (χ3v) is 0.557. The van der Waals surface area contributed by atoms with Gasteiger partial charge in [-0.2, -0.15) is 0 Å². The van der Waals surface area contributed by atoms with E-state index in [1.165, 1.54) is 6.42 Å². The number of carbonyl (C=O) groups excluding carboxylic acids is 1. The number of anilines is 1. The number of hydrogen-bond donors (Lipinski definition) is 1. The summed E-state index contributed by atoms with van der Waals surface area (Å²) in [7, 11) is 0. The van der Waals surface area contributed by atoms with E-state index in [-0.39, 0.29) is 11.9 Å². The van der Waals surface area contributed by atoms with Crippen LogP contribution in [0.5, 0.6) is 0 Å². The van der Waals surface area contributed by atoms with Gasteiger partial charge in [0.1, 0.15) is 0 Å². The molecule has 0 radical (unpaired) electrons. The average molecular weight is 157 g/mol. The van der Waals surface area contributed by atoms with Crippen LogP contribution in [0.3, 0.4) is 0 Å². The number of nitrogens with two attached hydrogens (primary N) is 1. The first-order valence-electron chi connectivity index (χ1n) is 3.28. The summed E-state index contributed by atoms with van der Waals surface area (Å²) in [6.45, 7) is 4.25. The molecule has 5 nitrogen and oxygen atoms in total. The van der Waals surface area contributed by atoms with Crippen molar-refractivity contribution in [2.75, 3.05) is 5.73 Å². The zero-order valence-electron chi connectivity index (χ0n) is 6.57. The fraction of sp³-hybridized carbons (Fsp3) is 0.500. The van der Waals surface area contributed by atoms with Crippen LogP contribution >= 0.6 is 0 Å². The summed E-state index contributed by atoms with van der Waals surface area (Å²) < 4.78 is 4.42. The number of rotatable bonds is 1. The van der Waals surface area contributed by atoms with Crippen molar-refractivity contribution in [1.82, 2.24) is 10.2 Å². The van der Waals surface area contributed by atoms with Crippen LogP contribution in [-0.4, -0.2) is 16.5 Å². The molecule has 0 aliphatic heterocycles. The third kappa shape index (κ3) is 4.07. The van der Waals surface area contributed by atoms with Crippen molar-refractivity contribution >= 4 is 12.3 Å². The van der Waals surface area contributed by atoms with Gasteiger partial charge in [0.2, 0.25) is 6.29 Å². The molecule has 62 valence electrons. The number of carbonyl (C=O) groups is 1. The van der Waals surface area contributed by atoms with Gasteiger partial charge >= 0.3 is 6.01 Å². The number of nitrogens with zero attached hydrogens (tertiary/aromatic N) is 2. The molecule has 0 fully saturated rings. The molecule has 1 heterocycles. The Hall–Kier alpha value is -1.39. The molecular formula is C6H11N3O2. The predicted octanol–water partition coefficient (Wildman–Crippen LogP) is 0.881. The van der Waals surface area contributed by atoms with Gasteiger partial charge in [-0.15, -0.1) is 5.10 Å². The molecule has 1 aromatic rings. The second-order valence-electron chi connectivity index (χ2n) is 1.80. The molecule has 1 rings (SSSR count). The van der Waals surface area contributed by atoms with Gasteiger partial charge in [-0.1, -0.05) is 25.4 Å². The largest absolute Gasteiger partial charge is 0.401 e. The lowest BCUT2D eigenvalue weighted by atomic mass is 10.6. The molecule has 0 amide bonds. The van der Waals surface area contributed by atoms with Crippen LogP contribution in [0.25, 0.3) is 0 Å². The van der Waals surface area contributed by atoms with E-state index in [0.717, 1.165) is 0 Å². The molecule has 0 aromatic carbocycles. The van der Waals surface area contributed by atoms with Crippen LogP contribution in [0.2, 0.25) is 0 Å². The maximum Gasteiger partial charge on any atom is 0.313 e. The van der Waals surface area contributed by atoms with Crippen LogP contribution in [-0.2, 0) is 0 Å². The smallest absolute Gasteiger partial charge is 0.313 e. The molecule has 0 spiro atoms. The van der Waals surface area contributed by atoms with Gasteiger partial charge in [0, 0.05) is 0 Å². The minimum atomic E-state index is -0.0949. The Kier molecular flexibility index (Phi) is 4.72. The van der Waals surface area contributed by atoms with E-state index in [1.54, 1.807) is 0 Å². The van der Waals surface area contributed by atoms with Gasteiger partial charge in [0.15, 0.2) is 0 Å². The maximum absolute atomic E-state index is 9.77. The van der Waals surface area contributed by atoms with E-state index in [9.17, 15) is 4.79 Å². The van der Waals surface area contributed by atoms with Crippen molar-refractivity contribution in [2.45, 2.75) is 20.3 Å². The summed E-state index contributed by atoms with van der Waals surface area (Å²) in [4.78, 5) is 9.77. The first-order chi connectivity index (χ1) is 5.24. The second kappa shape index (κ2) is 5.40. The van der Waals surface area contributed by atoms with E-state index < -0.39 is 0 Å². The average Bonchev–Trinajstić information content (AvgIpc) is 2.37. The molecule has 0 aliphatic rings. The molecule has 0 atom stereocenters. The van der Waals surface area contributed by atoms with Crippen LogP contribution < -0.4 is 5.73 Å². The van der Waals surface area contributed by atoms with Gasteiger partial charge in [-0.3, -0.25) is 4.79 Å². The van der Waals surface area contributed by atoms with Gasteiger partial charge in [-0.25, -0.2) is 0 Å². The van der Waals surface area contributed by atoms with Crippen LogP contribution in [0, 0.1) is 0 Å². The molecule has 0 aliphatic carbocycles. The van der Waals surface area contributed by atoms with Crippen molar-refractivity contribution in [3.63, 3.8) is 0 Å². The van der Waals surface area contributed by atoms with Crippen molar-refractivity contribution < 1.29 is 9.21 Å². The molecule has 5 heteroatoms. The molecule has 1 aromatic heterocycles. The van der Waals surface area contributed by atoms with Crippen LogP contribution in [0.1, 0.15) is 31.0 Å². The highest BCUT2D eigenvalue weighted by Crippen LogP contribution is 1.94. The van der Waals surface area contributed by atoms with Crippen molar-refractivity contribution in [1.29, 1.82) is 0 Å². The number of aldehydes is 1.